The second-order valence-corrected chi connectivity index (χ2v) is 5.49. The normalized spacial score (nSPS) is 13.9. The molecular formula is C15H18O2. The van der Waals surface area contributed by atoms with E-state index in [4.69, 9.17) is 0 Å². The molecule has 0 heterocycles. The number of aliphatic hydroxyl groups is 1. The maximum absolute atomic E-state index is 10.2. The van der Waals surface area contributed by atoms with E-state index in [-0.39, 0.29) is 11.2 Å². The third-order valence-corrected chi connectivity index (χ3v) is 3.05. The molecule has 2 aromatic carbocycles. The first kappa shape index (κ1) is 11.9. The van der Waals surface area contributed by atoms with E-state index in [2.05, 4.69) is 0 Å². The van der Waals surface area contributed by atoms with Gasteiger partial charge in [0.1, 0.15) is 5.75 Å². The van der Waals surface area contributed by atoms with E-state index >= 15 is 0 Å². The molecule has 2 N–H and O–H groups in total. The molecule has 0 bridgehead atoms. The smallest absolute Gasteiger partial charge is 0.129 e. The molecule has 0 spiro atoms. The highest BCUT2D eigenvalue weighted by molar-refractivity contribution is 5.89. The number of phenols is 1. The number of benzene rings is 2. The summed E-state index contributed by atoms with van der Waals surface area (Å²) in [5.41, 5.74) is 0.302. The topological polar surface area (TPSA) is 40.5 Å². The van der Waals surface area contributed by atoms with E-state index in [1.807, 2.05) is 51.1 Å². The number of hydrogen-bond donors (Lipinski definition) is 2. The molecule has 0 radical (unpaired) electrons. The Labute approximate surface area is 102 Å². The molecule has 90 valence electrons. The zero-order valence-electron chi connectivity index (χ0n) is 10.4. The van der Waals surface area contributed by atoms with Gasteiger partial charge in [-0.2, -0.15) is 0 Å². The van der Waals surface area contributed by atoms with Gasteiger partial charge in [0.2, 0.25) is 0 Å². The molecule has 0 aromatic heterocycles. The molecule has 0 aliphatic rings. The number of aliphatic hydroxyl groups excluding tert-OH is 1. The minimum absolute atomic E-state index is 0.186. The van der Waals surface area contributed by atoms with Gasteiger partial charge >= 0.3 is 0 Å². The van der Waals surface area contributed by atoms with Crippen LogP contribution in [0.25, 0.3) is 10.8 Å². The van der Waals surface area contributed by atoms with Crippen LogP contribution in [0.5, 0.6) is 5.75 Å². The third kappa shape index (κ3) is 2.13. The van der Waals surface area contributed by atoms with Crippen molar-refractivity contribution in [2.45, 2.75) is 26.9 Å². The monoisotopic (exact) mass is 230 g/mol. The van der Waals surface area contributed by atoms with Gasteiger partial charge in [0.05, 0.1) is 6.10 Å². The van der Waals surface area contributed by atoms with Gasteiger partial charge in [-0.1, -0.05) is 57.2 Å². The summed E-state index contributed by atoms with van der Waals surface area (Å²) in [6, 6.07) is 11.4. The van der Waals surface area contributed by atoms with Crippen molar-refractivity contribution in [1.29, 1.82) is 0 Å². The van der Waals surface area contributed by atoms with Crippen molar-refractivity contribution in [3.63, 3.8) is 0 Å². The highest BCUT2D eigenvalue weighted by Crippen LogP contribution is 2.39. The summed E-state index contributed by atoms with van der Waals surface area (Å²) in [6.45, 7) is 5.85. The Morgan fingerprint density at radius 3 is 2.29 bits per heavy atom. The Hall–Kier alpha value is -1.54. The second kappa shape index (κ2) is 4.04. The Kier molecular flexibility index (Phi) is 2.84. The molecule has 0 fully saturated rings. The van der Waals surface area contributed by atoms with Gasteiger partial charge in [0, 0.05) is 10.9 Å². The van der Waals surface area contributed by atoms with E-state index < -0.39 is 6.10 Å². The number of rotatable bonds is 1. The summed E-state index contributed by atoms with van der Waals surface area (Å²) < 4.78 is 0. The van der Waals surface area contributed by atoms with Crippen LogP contribution < -0.4 is 0 Å². The van der Waals surface area contributed by atoms with Crippen LogP contribution in [0.3, 0.4) is 0 Å². The minimum Gasteiger partial charge on any atom is -0.507 e. The Morgan fingerprint density at radius 1 is 1.00 bits per heavy atom. The van der Waals surface area contributed by atoms with Crippen LogP contribution in [0.4, 0.5) is 0 Å². The summed E-state index contributed by atoms with van der Waals surface area (Å²) in [4.78, 5) is 0. The van der Waals surface area contributed by atoms with E-state index in [0.29, 0.717) is 5.56 Å². The van der Waals surface area contributed by atoms with Crippen LogP contribution in [0.15, 0.2) is 36.4 Å². The van der Waals surface area contributed by atoms with Crippen molar-refractivity contribution >= 4 is 10.8 Å². The van der Waals surface area contributed by atoms with Gasteiger partial charge in [-0.05, 0) is 10.8 Å². The quantitative estimate of drug-likeness (QED) is 0.785. The van der Waals surface area contributed by atoms with Crippen molar-refractivity contribution in [3.8, 4) is 5.75 Å². The van der Waals surface area contributed by atoms with Gasteiger partial charge < -0.3 is 10.2 Å². The van der Waals surface area contributed by atoms with Crippen LogP contribution in [-0.2, 0) is 0 Å². The number of fused-ring (bicyclic) bond motifs is 1. The lowest BCUT2D eigenvalue weighted by Crippen LogP contribution is -2.17. The zero-order chi connectivity index (χ0) is 12.6. The van der Waals surface area contributed by atoms with Crippen molar-refractivity contribution in [2.24, 2.45) is 5.41 Å². The minimum atomic E-state index is -0.674. The number of aromatic hydroxyl groups is 1. The van der Waals surface area contributed by atoms with Gasteiger partial charge in [0.25, 0.3) is 0 Å². The maximum Gasteiger partial charge on any atom is 0.129 e. The summed E-state index contributed by atoms with van der Waals surface area (Å²) in [7, 11) is 0. The standard InChI is InChI=1S/C15H18O2/c1-15(2,3)14(17)12-9-8-10-6-4-5-7-11(10)13(12)16/h4-9,14,16-17H,1-3H3. The molecule has 0 aliphatic heterocycles. The lowest BCUT2D eigenvalue weighted by atomic mass is 9.84. The average Bonchev–Trinajstić information content (AvgIpc) is 2.28. The Morgan fingerprint density at radius 2 is 1.65 bits per heavy atom. The fourth-order valence-electron chi connectivity index (χ4n) is 1.96. The largest absolute Gasteiger partial charge is 0.507 e. The molecule has 0 aliphatic carbocycles. The maximum atomic E-state index is 10.2. The zero-order valence-corrected chi connectivity index (χ0v) is 10.4. The van der Waals surface area contributed by atoms with Crippen LogP contribution in [0.1, 0.15) is 32.4 Å². The van der Waals surface area contributed by atoms with Crippen LogP contribution in [0.2, 0.25) is 0 Å². The molecule has 1 atom stereocenters. The fourth-order valence-corrected chi connectivity index (χ4v) is 1.96. The second-order valence-electron chi connectivity index (χ2n) is 5.49. The molecule has 2 rings (SSSR count). The van der Waals surface area contributed by atoms with E-state index in [9.17, 15) is 10.2 Å². The number of phenolic OH excluding ortho intramolecular Hbond substituents is 1. The predicted octanol–water partition coefficient (Wildman–Crippen LogP) is 3.62. The molecule has 2 aromatic rings. The highest BCUT2D eigenvalue weighted by atomic mass is 16.3. The summed E-state index contributed by atoms with van der Waals surface area (Å²) >= 11 is 0. The molecule has 0 saturated carbocycles. The first-order valence-electron chi connectivity index (χ1n) is 5.80. The molecule has 2 nitrogen and oxygen atoms in total. The lowest BCUT2D eigenvalue weighted by Gasteiger charge is -2.27. The Bertz CT molecular complexity index is 538. The molecule has 1 unspecified atom stereocenters. The molecule has 17 heavy (non-hydrogen) atoms. The first-order chi connectivity index (χ1) is 7.91. The molecule has 0 amide bonds. The number of hydrogen-bond acceptors (Lipinski definition) is 2. The third-order valence-electron chi connectivity index (χ3n) is 3.05. The summed E-state index contributed by atoms with van der Waals surface area (Å²) in [5.74, 6) is 0.186. The van der Waals surface area contributed by atoms with Crippen molar-refractivity contribution < 1.29 is 10.2 Å². The van der Waals surface area contributed by atoms with Crippen LogP contribution in [-0.4, -0.2) is 10.2 Å². The van der Waals surface area contributed by atoms with Gasteiger partial charge in [-0.3, -0.25) is 0 Å². The van der Waals surface area contributed by atoms with E-state index in [1.54, 1.807) is 6.07 Å². The fraction of sp³-hybridized carbons (Fsp3) is 0.333. The van der Waals surface area contributed by atoms with E-state index in [0.717, 1.165) is 10.8 Å². The van der Waals surface area contributed by atoms with Gasteiger partial charge in [-0.15, -0.1) is 0 Å². The van der Waals surface area contributed by atoms with E-state index in [1.165, 1.54) is 0 Å². The van der Waals surface area contributed by atoms with Crippen LogP contribution in [0, 0.1) is 5.41 Å². The lowest BCUT2D eigenvalue weighted by molar-refractivity contribution is 0.0607. The highest BCUT2D eigenvalue weighted by Gasteiger charge is 2.26. The van der Waals surface area contributed by atoms with Crippen molar-refractivity contribution in [2.75, 3.05) is 0 Å². The summed E-state index contributed by atoms with van der Waals surface area (Å²) in [5, 5.41) is 22.2. The molecule has 0 saturated heterocycles. The average molecular weight is 230 g/mol. The predicted molar refractivity (Wildman–Crippen MR) is 70.0 cm³/mol. The van der Waals surface area contributed by atoms with Crippen molar-refractivity contribution in [1.82, 2.24) is 0 Å². The van der Waals surface area contributed by atoms with Crippen molar-refractivity contribution in [3.05, 3.63) is 42.0 Å². The van der Waals surface area contributed by atoms with Crippen LogP contribution >= 0.6 is 0 Å². The van der Waals surface area contributed by atoms with Gasteiger partial charge in [0.15, 0.2) is 0 Å². The molecule has 2 heteroatoms. The van der Waals surface area contributed by atoms with Gasteiger partial charge in [-0.25, -0.2) is 0 Å². The SMILES string of the molecule is CC(C)(C)C(O)c1ccc2ccccc2c1O. The Balaban J connectivity index is 2.61. The summed E-state index contributed by atoms with van der Waals surface area (Å²) in [6.07, 6.45) is -0.674. The first-order valence-corrected chi connectivity index (χ1v) is 5.80. The molecular weight excluding hydrogens is 212 g/mol.